The van der Waals surface area contributed by atoms with Gasteiger partial charge in [-0.2, -0.15) is 0 Å². The number of carbonyl (C=O) groups is 2. The van der Waals surface area contributed by atoms with E-state index < -0.39 is 18.0 Å². The fourth-order valence-electron chi connectivity index (χ4n) is 0.548. The number of carbonyl (C=O) groups excluding carboxylic acids is 2. The van der Waals surface area contributed by atoms with Crippen molar-refractivity contribution < 1.29 is 23.8 Å². The minimum atomic E-state index is -0.897. The van der Waals surface area contributed by atoms with E-state index in [9.17, 15) is 9.59 Å². The second kappa shape index (κ2) is 6.54. The van der Waals surface area contributed by atoms with Crippen LogP contribution in [0, 0.1) is 5.92 Å². The van der Waals surface area contributed by atoms with Crippen LogP contribution in [0.5, 0.6) is 0 Å². The van der Waals surface area contributed by atoms with E-state index in [2.05, 4.69) is 14.2 Å². The number of hydrogen-bond donors (Lipinski definition) is 0. The minimum absolute atomic E-state index is 0.0810. The maximum Gasteiger partial charge on any atom is 0.509 e. The Balaban J connectivity index is 3.63. The molecule has 0 saturated carbocycles. The fraction of sp³-hybridized carbons (Fsp3) is 0.714. The standard InChI is InChI=1S/C7H11ClO5/c1-5(6(9)11-2)3-12-7(10)13-4-8/h5H,3-4H2,1-2H3. The van der Waals surface area contributed by atoms with Gasteiger partial charge in [0.2, 0.25) is 0 Å². The molecule has 5 nitrogen and oxygen atoms in total. The molecule has 0 spiro atoms. The highest BCUT2D eigenvalue weighted by Crippen LogP contribution is 1.99. The Morgan fingerprint density at radius 3 is 2.46 bits per heavy atom. The highest BCUT2D eigenvalue weighted by atomic mass is 35.5. The van der Waals surface area contributed by atoms with Crippen LogP contribution in [0.2, 0.25) is 0 Å². The van der Waals surface area contributed by atoms with Gasteiger partial charge in [-0.05, 0) is 6.92 Å². The number of halogens is 1. The lowest BCUT2D eigenvalue weighted by atomic mass is 10.2. The molecular weight excluding hydrogens is 200 g/mol. The van der Waals surface area contributed by atoms with Gasteiger partial charge >= 0.3 is 12.1 Å². The molecule has 6 heteroatoms. The number of ether oxygens (including phenoxy) is 3. The van der Waals surface area contributed by atoms with Gasteiger partial charge in [-0.15, -0.1) is 0 Å². The van der Waals surface area contributed by atoms with Crippen molar-refractivity contribution in [2.45, 2.75) is 6.92 Å². The molecule has 0 heterocycles. The number of hydrogen-bond acceptors (Lipinski definition) is 5. The van der Waals surface area contributed by atoms with E-state index in [1.165, 1.54) is 7.11 Å². The zero-order chi connectivity index (χ0) is 10.3. The van der Waals surface area contributed by atoms with Crippen LogP contribution < -0.4 is 0 Å². The molecule has 0 bridgehead atoms. The molecule has 0 radical (unpaired) electrons. The van der Waals surface area contributed by atoms with Crippen LogP contribution in [-0.4, -0.2) is 31.9 Å². The Morgan fingerprint density at radius 1 is 1.38 bits per heavy atom. The minimum Gasteiger partial charge on any atom is -0.469 e. The van der Waals surface area contributed by atoms with E-state index in [1.807, 2.05) is 0 Å². The van der Waals surface area contributed by atoms with Gasteiger partial charge in [-0.1, -0.05) is 11.6 Å². The van der Waals surface area contributed by atoms with E-state index in [0.717, 1.165) is 0 Å². The SMILES string of the molecule is COC(=O)C(C)COC(=O)OCCl. The van der Waals surface area contributed by atoms with Crippen LogP contribution in [0.4, 0.5) is 4.79 Å². The molecule has 13 heavy (non-hydrogen) atoms. The van der Waals surface area contributed by atoms with E-state index in [-0.39, 0.29) is 12.7 Å². The quantitative estimate of drug-likeness (QED) is 0.515. The van der Waals surface area contributed by atoms with Gasteiger partial charge in [0, 0.05) is 0 Å². The summed E-state index contributed by atoms with van der Waals surface area (Å²) in [6, 6.07) is -0.272. The summed E-state index contributed by atoms with van der Waals surface area (Å²) in [6.45, 7) is 1.49. The lowest BCUT2D eigenvalue weighted by Crippen LogP contribution is -2.20. The Labute approximate surface area is 80.9 Å². The van der Waals surface area contributed by atoms with Crippen LogP contribution in [-0.2, 0) is 19.0 Å². The predicted octanol–water partition coefficient (Wildman–Crippen LogP) is 1.14. The smallest absolute Gasteiger partial charge is 0.469 e. The molecule has 0 aliphatic carbocycles. The van der Waals surface area contributed by atoms with Crippen LogP contribution in [0.15, 0.2) is 0 Å². The van der Waals surface area contributed by atoms with Gasteiger partial charge in [0.25, 0.3) is 0 Å². The summed E-state index contributed by atoms with van der Waals surface area (Å²) in [5, 5.41) is 0. The van der Waals surface area contributed by atoms with Crippen LogP contribution >= 0.6 is 11.6 Å². The molecule has 76 valence electrons. The first-order valence-corrected chi connectivity index (χ1v) is 4.08. The zero-order valence-electron chi connectivity index (χ0n) is 7.41. The molecule has 0 N–H and O–H groups in total. The Bertz CT molecular complexity index is 182. The van der Waals surface area contributed by atoms with Crippen molar-refractivity contribution in [2.75, 3.05) is 19.8 Å². The van der Waals surface area contributed by atoms with Crippen molar-refractivity contribution in [3.8, 4) is 0 Å². The molecule has 0 saturated heterocycles. The molecule has 0 aliphatic rings. The molecule has 0 rings (SSSR count). The first-order chi connectivity index (χ1) is 6.11. The highest BCUT2D eigenvalue weighted by molar-refractivity contribution is 6.17. The maximum absolute atomic E-state index is 10.8. The van der Waals surface area contributed by atoms with Crippen molar-refractivity contribution in [3.63, 3.8) is 0 Å². The van der Waals surface area contributed by atoms with Crippen molar-refractivity contribution in [1.82, 2.24) is 0 Å². The second-order valence-electron chi connectivity index (χ2n) is 2.24. The van der Waals surface area contributed by atoms with E-state index in [0.29, 0.717) is 0 Å². The largest absolute Gasteiger partial charge is 0.509 e. The lowest BCUT2D eigenvalue weighted by molar-refractivity contribution is -0.146. The third-order valence-electron chi connectivity index (χ3n) is 1.23. The first-order valence-electron chi connectivity index (χ1n) is 3.55. The first kappa shape index (κ1) is 12.0. The maximum atomic E-state index is 10.8. The molecule has 0 aliphatic heterocycles. The lowest BCUT2D eigenvalue weighted by Gasteiger charge is -2.08. The van der Waals surface area contributed by atoms with Crippen LogP contribution in [0.25, 0.3) is 0 Å². The van der Waals surface area contributed by atoms with E-state index in [1.54, 1.807) is 6.92 Å². The molecule has 0 amide bonds. The number of methoxy groups -OCH3 is 1. The van der Waals surface area contributed by atoms with Crippen molar-refractivity contribution >= 4 is 23.7 Å². The second-order valence-corrected chi connectivity index (χ2v) is 2.46. The Hall–Kier alpha value is -0.970. The van der Waals surface area contributed by atoms with E-state index >= 15 is 0 Å². The average Bonchev–Trinajstić information content (AvgIpc) is 2.13. The normalized spacial score (nSPS) is 11.6. The highest BCUT2D eigenvalue weighted by Gasteiger charge is 2.15. The monoisotopic (exact) mass is 210 g/mol. The van der Waals surface area contributed by atoms with Crippen molar-refractivity contribution in [1.29, 1.82) is 0 Å². The summed E-state index contributed by atoms with van der Waals surface area (Å²) in [5.74, 6) is -0.952. The summed E-state index contributed by atoms with van der Waals surface area (Å²) in [4.78, 5) is 21.4. The van der Waals surface area contributed by atoms with Gasteiger partial charge < -0.3 is 14.2 Å². The molecule has 1 atom stereocenters. The summed E-state index contributed by atoms with van der Waals surface area (Å²) < 4.78 is 13.2. The van der Waals surface area contributed by atoms with Crippen LogP contribution in [0.3, 0.4) is 0 Å². The van der Waals surface area contributed by atoms with Crippen LogP contribution in [0.1, 0.15) is 6.92 Å². The fourth-order valence-corrected chi connectivity index (χ4v) is 0.638. The van der Waals surface area contributed by atoms with Gasteiger partial charge in [-0.3, -0.25) is 4.79 Å². The van der Waals surface area contributed by atoms with E-state index in [4.69, 9.17) is 11.6 Å². The third-order valence-corrected chi connectivity index (χ3v) is 1.34. The molecule has 0 aromatic carbocycles. The van der Waals surface area contributed by atoms with Gasteiger partial charge in [0.1, 0.15) is 6.61 Å². The molecule has 0 fully saturated rings. The summed E-state index contributed by atoms with van der Waals surface area (Å²) in [6.07, 6.45) is -0.897. The van der Waals surface area contributed by atoms with Crippen molar-refractivity contribution in [3.05, 3.63) is 0 Å². The van der Waals surface area contributed by atoms with Crippen molar-refractivity contribution in [2.24, 2.45) is 5.92 Å². The predicted molar refractivity (Wildman–Crippen MR) is 44.3 cm³/mol. The Kier molecular flexibility index (Phi) is 6.05. The third kappa shape index (κ3) is 5.30. The summed E-state index contributed by atoms with van der Waals surface area (Å²) in [7, 11) is 1.26. The average molecular weight is 211 g/mol. The number of esters is 1. The Morgan fingerprint density at radius 2 is 2.00 bits per heavy atom. The summed E-state index contributed by atoms with van der Waals surface area (Å²) in [5.41, 5.74) is 0. The summed E-state index contributed by atoms with van der Waals surface area (Å²) >= 11 is 5.09. The van der Waals surface area contributed by atoms with Gasteiger partial charge in [0.15, 0.2) is 6.07 Å². The zero-order valence-corrected chi connectivity index (χ0v) is 8.17. The number of alkyl halides is 1. The molecule has 0 aromatic heterocycles. The molecular formula is C7H11ClO5. The van der Waals surface area contributed by atoms with Gasteiger partial charge in [0.05, 0.1) is 13.0 Å². The topological polar surface area (TPSA) is 61.8 Å². The molecule has 0 aromatic rings. The number of rotatable bonds is 4. The van der Waals surface area contributed by atoms with Gasteiger partial charge in [-0.25, -0.2) is 4.79 Å². The molecule has 1 unspecified atom stereocenters.